The highest BCUT2D eigenvalue weighted by molar-refractivity contribution is 7.10. The zero-order valence-electron chi connectivity index (χ0n) is 12.6. The maximum Gasteiger partial charge on any atom is 0.254 e. The van der Waals surface area contributed by atoms with Crippen LogP contribution >= 0.6 is 11.3 Å². The zero-order valence-corrected chi connectivity index (χ0v) is 13.4. The Kier molecular flexibility index (Phi) is 4.75. The lowest BCUT2D eigenvalue weighted by atomic mass is 10.1. The molecule has 1 amide bonds. The van der Waals surface area contributed by atoms with Gasteiger partial charge in [-0.1, -0.05) is 6.07 Å². The molecular formula is C17H19NO3S. The van der Waals surface area contributed by atoms with E-state index in [1.807, 2.05) is 23.1 Å². The van der Waals surface area contributed by atoms with Gasteiger partial charge < -0.3 is 14.4 Å². The van der Waals surface area contributed by atoms with Gasteiger partial charge in [-0.25, -0.2) is 0 Å². The molecule has 4 nitrogen and oxygen atoms in total. The summed E-state index contributed by atoms with van der Waals surface area (Å²) in [5.41, 5.74) is 1.95. The minimum absolute atomic E-state index is 0.0639. The third-order valence-electron chi connectivity index (χ3n) is 3.73. The second-order valence-electron chi connectivity index (χ2n) is 5.21. The van der Waals surface area contributed by atoms with Crippen LogP contribution in [0.1, 0.15) is 20.8 Å². The van der Waals surface area contributed by atoms with Crippen LogP contribution in [-0.2, 0) is 17.7 Å². The van der Waals surface area contributed by atoms with E-state index in [0.717, 1.165) is 13.0 Å². The summed E-state index contributed by atoms with van der Waals surface area (Å²) in [6, 6.07) is 9.48. The average Bonchev–Trinajstić information content (AvgIpc) is 3.02. The van der Waals surface area contributed by atoms with E-state index in [1.54, 1.807) is 24.5 Å². The van der Waals surface area contributed by atoms with Crippen molar-refractivity contribution in [2.24, 2.45) is 0 Å². The Hall–Kier alpha value is -1.85. The summed E-state index contributed by atoms with van der Waals surface area (Å²) < 4.78 is 10.5. The number of thiophene rings is 1. The van der Waals surface area contributed by atoms with Gasteiger partial charge in [-0.05, 0) is 41.6 Å². The summed E-state index contributed by atoms with van der Waals surface area (Å²) in [7, 11) is 1.64. The Labute approximate surface area is 134 Å². The molecule has 0 unspecified atom stereocenters. The number of ether oxygens (including phenoxy) is 2. The molecule has 1 aliphatic rings. The Balaban J connectivity index is 1.68. The van der Waals surface area contributed by atoms with E-state index < -0.39 is 0 Å². The van der Waals surface area contributed by atoms with Crippen LogP contribution in [0.2, 0.25) is 0 Å². The van der Waals surface area contributed by atoms with Gasteiger partial charge in [0.05, 0.1) is 6.61 Å². The van der Waals surface area contributed by atoms with Crippen molar-refractivity contribution in [2.75, 3.05) is 26.9 Å². The quantitative estimate of drug-likeness (QED) is 0.796. The largest absolute Gasteiger partial charge is 0.491 e. The monoisotopic (exact) mass is 317 g/mol. The summed E-state index contributed by atoms with van der Waals surface area (Å²) >= 11 is 1.78. The second kappa shape index (κ2) is 6.94. The fraction of sp³-hybridized carbons (Fsp3) is 0.353. The number of carbonyl (C=O) groups is 1. The van der Waals surface area contributed by atoms with Crippen LogP contribution in [-0.4, -0.2) is 37.7 Å². The van der Waals surface area contributed by atoms with Crippen molar-refractivity contribution in [1.82, 2.24) is 4.90 Å². The van der Waals surface area contributed by atoms with E-state index in [-0.39, 0.29) is 5.91 Å². The highest BCUT2D eigenvalue weighted by Crippen LogP contribution is 2.25. The summed E-state index contributed by atoms with van der Waals surface area (Å²) in [4.78, 5) is 16.0. The molecule has 0 saturated heterocycles. The third-order valence-corrected chi connectivity index (χ3v) is 4.76. The van der Waals surface area contributed by atoms with Crippen LogP contribution in [0.5, 0.6) is 5.75 Å². The summed E-state index contributed by atoms with van der Waals surface area (Å²) in [6.45, 7) is 2.49. The van der Waals surface area contributed by atoms with Gasteiger partial charge in [0.25, 0.3) is 5.91 Å². The number of fused-ring (bicyclic) bond motifs is 1. The molecule has 1 aliphatic heterocycles. The molecule has 1 aromatic heterocycles. The number of hydrogen-bond donors (Lipinski definition) is 0. The van der Waals surface area contributed by atoms with Crippen molar-refractivity contribution in [3.63, 3.8) is 0 Å². The first-order valence-electron chi connectivity index (χ1n) is 7.34. The number of rotatable bonds is 5. The molecule has 2 aromatic rings. The topological polar surface area (TPSA) is 38.8 Å². The molecule has 0 radical (unpaired) electrons. The van der Waals surface area contributed by atoms with E-state index in [1.165, 1.54) is 10.4 Å². The molecule has 0 N–H and O–H groups in total. The first-order valence-corrected chi connectivity index (χ1v) is 8.22. The lowest BCUT2D eigenvalue weighted by Gasteiger charge is -2.27. The molecule has 1 aromatic carbocycles. The number of methoxy groups -OCH3 is 1. The van der Waals surface area contributed by atoms with Crippen molar-refractivity contribution < 1.29 is 14.3 Å². The third kappa shape index (κ3) is 3.31. The van der Waals surface area contributed by atoms with Gasteiger partial charge in [-0.2, -0.15) is 0 Å². The second-order valence-corrected chi connectivity index (χ2v) is 6.22. The zero-order chi connectivity index (χ0) is 15.4. The van der Waals surface area contributed by atoms with E-state index >= 15 is 0 Å². The Morgan fingerprint density at radius 1 is 1.32 bits per heavy atom. The first-order chi connectivity index (χ1) is 10.8. The maximum atomic E-state index is 12.7. The van der Waals surface area contributed by atoms with Gasteiger partial charge in [0, 0.05) is 30.6 Å². The normalized spacial score (nSPS) is 13.8. The number of benzene rings is 1. The Morgan fingerprint density at radius 3 is 3.09 bits per heavy atom. The minimum atomic E-state index is 0.0639. The predicted octanol–water partition coefficient (Wildman–Crippen LogP) is 2.97. The number of carbonyl (C=O) groups excluding carboxylic acids is 1. The predicted molar refractivity (Wildman–Crippen MR) is 86.6 cm³/mol. The molecule has 2 heterocycles. The Morgan fingerprint density at radius 2 is 2.23 bits per heavy atom. The highest BCUT2D eigenvalue weighted by Gasteiger charge is 2.22. The minimum Gasteiger partial charge on any atom is -0.491 e. The van der Waals surface area contributed by atoms with Gasteiger partial charge in [-0.3, -0.25) is 4.79 Å². The molecule has 22 heavy (non-hydrogen) atoms. The lowest BCUT2D eigenvalue weighted by molar-refractivity contribution is 0.0735. The average molecular weight is 317 g/mol. The number of amides is 1. The van der Waals surface area contributed by atoms with Crippen LogP contribution in [0.15, 0.2) is 35.7 Å². The summed E-state index contributed by atoms with van der Waals surface area (Å²) in [6.07, 6.45) is 0.947. The summed E-state index contributed by atoms with van der Waals surface area (Å²) in [5, 5.41) is 2.10. The SMILES string of the molecule is COCCOc1cccc(C(=O)N2CCc3sccc3C2)c1. The molecule has 116 valence electrons. The van der Waals surface area contributed by atoms with E-state index in [0.29, 0.717) is 31.1 Å². The molecule has 0 fully saturated rings. The van der Waals surface area contributed by atoms with Crippen LogP contribution in [0.3, 0.4) is 0 Å². The molecule has 3 rings (SSSR count). The van der Waals surface area contributed by atoms with Crippen molar-refractivity contribution in [3.8, 4) is 5.75 Å². The maximum absolute atomic E-state index is 12.7. The van der Waals surface area contributed by atoms with Crippen LogP contribution in [0.25, 0.3) is 0 Å². The highest BCUT2D eigenvalue weighted by atomic mass is 32.1. The van der Waals surface area contributed by atoms with E-state index in [4.69, 9.17) is 9.47 Å². The van der Waals surface area contributed by atoms with Crippen LogP contribution in [0, 0.1) is 0 Å². The Bertz CT molecular complexity index is 653. The van der Waals surface area contributed by atoms with Crippen molar-refractivity contribution in [2.45, 2.75) is 13.0 Å². The van der Waals surface area contributed by atoms with Crippen molar-refractivity contribution >= 4 is 17.2 Å². The fourth-order valence-corrected chi connectivity index (χ4v) is 3.46. The molecule has 0 atom stereocenters. The van der Waals surface area contributed by atoms with Gasteiger partial charge >= 0.3 is 0 Å². The first kappa shape index (κ1) is 15.1. The van der Waals surface area contributed by atoms with Crippen LogP contribution in [0.4, 0.5) is 0 Å². The molecule has 0 saturated carbocycles. The molecule has 0 aliphatic carbocycles. The van der Waals surface area contributed by atoms with Crippen molar-refractivity contribution in [1.29, 1.82) is 0 Å². The molecule has 5 heteroatoms. The lowest BCUT2D eigenvalue weighted by Crippen LogP contribution is -2.35. The van der Waals surface area contributed by atoms with E-state index in [9.17, 15) is 4.79 Å². The fourth-order valence-electron chi connectivity index (χ4n) is 2.57. The molecule has 0 spiro atoms. The van der Waals surface area contributed by atoms with E-state index in [2.05, 4.69) is 11.4 Å². The van der Waals surface area contributed by atoms with Crippen LogP contribution < -0.4 is 4.74 Å². The number of hydrogen-bond acceptors (Lipinski definition) is 4. The van der Waals surface area contributed by atoms with Gasteiger partial charge in [-0.15, -0.1) is 11.3 Å². The standard InChI is InChI=1S/C17H19NO3S/c1-20-8-9-21-15-4-2-3-13(11-15)17(19)18-7-5-16-14(12-18)6-10-22-16/h2-4,6,10-11H,5,7-9,12H2,1H3. The van der Waals surface area contributed by atoms with Gasteiger partial charge in [0.15, 0.2) is 0 Å². The smallest absolute Gasteiger partial charge is 0.254 e. The van der Waals surface area contributed by atoms with Gasteiger partial charge in [0.2, 0.25) is 0 Å². The molecule has 0 bridgehead atoms. The van der Waals surface area contributed by atoms with Gasteiger partial charge in [0.1, 0.15) is 12.4 Å². The summed E-state index contributed by atoms with van der Waals surface area (Å²) in [5.74, 6) is 0.769. The van der Waals surface area contributed by atoms with Crippen molar-refractivity contribution in [3.05, 3.63) is 51.7 Å². The molecular weight excluding hydrogens is 298 g/mol. The number of nitrogens with zero attached hydrogens (tertiary/aromatic N) is 1.